The Morgan fingerprint density at radius 2 is 1.96 bits per heavy atom. The van der Waals surface area contributed by atoms with Crippen LogP contribution < -0.4 is 21.4 Å². The van der Waals surface area contributed by atoms with Crippen molar-refractivity contribution in [1.82, 2.24) is 18.7 Å². The van der Waals surface area contributed by atoms with E-state index in [9.17, 15) is 9.59 Å². The van der Waals surface area contributed by atoms with E-state index in [1.54, 1.807) is 24.9 Å². The lowest BCUT2D eigenvalue weighted by atomic mass is 10.2. The molecule has 0 bridgehead atoms. The number of hydrazone groups is 1. The van der Waals surface area contributed by atoms with Gasteiger partial charge >= 0.3 is 5.69 Å². The molecule has 26 heavy (non-hydrogen) atoms. The summed E-state index contributed by atoms with van der Waals surface area (Å²) in [6, 6.07) is 7.50. The Labute approximate surface area is 149 Å². The molecule has 1 N–H and O–H groups in total. The Balaban J connectivity index is 1.93. The van der Waals surface area contributed by atoms with Gasteiger partial charge in [0.2, 0.25) is 5.95 Å². The molecule has 1 aromatic carbocycles. The summed E-state index contributed by atoms with van der Waals surface area (Å²) in [7, 11) is 4.70. The monoisotopic (exact) mass is 356 g/mol. The van der Waals surface area contributed by atoms with Crippen LogP contribution in [0.5, 0.6) is 5.75 Å². The van der Waals surface area contributed by atoms with Gasteiger partial charge in [-0.15, -0.1) is 0 Å². The zero-order chi connectivity index (χ0) is 18.8. The summed E-state index contributed by atoms with van der Waals surface area (Å²) in [5.41, 5.74) is 3.46. The van der Waals surface area contributed by atoms with E-state index >= 15 is 0 Å². The highest BCUT2D eigenvalue weighted by atomic mass is 16.5. The molecule has 9 heteroatoms. The smallest absolute Gasteiger partial charge is 0.332 e. The largest absolute Gasteiger partial charge is 0.494 e. The first-order chi connectivity index (χ1) is 12.4. The number of rotatable bonds is 5. The molecule has 0 radical (unpaired) electrons. The third-order valence-corrected chi connectivity index (χ3v) is 4.02. The van der Waals surface area contributed by atoms with Gasteiger partial charge in [-0.05, 0) is 24.6 Å². The molecule has 0 amide bonds. The lowest BCUT2D eigenvalue weighted by molar-refractivity contribution is 0.340. The SMILES string of the molecule is CCOc1cccc(C=NNc2nc3c(c(=O)n(C)c(=O)n3C)n2C)c1. The Hall–Kier alpha value is -3.36. The zero-order valence-electron chi connectivity index (χ0n) is 15.1. The van der Waals surface area contributed by atoms with Crippen molar-refractivity contribution < 1.29 is 4.74 Å². The first kappa shape index (κ1) is 17.5. The van der Waals surface area contributed by atoms with E-state index in [0.29, 0.717) is 23.7 Å². The van der Waals surface area contributed by atoms with E-state index in [0.717, 1.165) is 15.9 Å². The van der Waals surface area contributed by atoms with Crippen LogP contribution in [0.15, 0.2) is 39.0 Å². The third kappa shape index (κ3) is 2.99. The highest BCUT2D eigenvalue weighted by Gasteiger charge is 2.16. The molecule has 0 saturated heterocycles. The van der Waals surface area contributed by atoms with E-state index in [1.807, 2.05) is 31.2 Å². The number of nitrogens with zero attached hydrogens (tertiary/aromatic N) is 5. The van der Waals surface area contributed by atoms with Crippen LogP contribution >= 0.6 is 0 Å². The fraction of sp³-hybridized carbons (Fsp3) is 0.294. The van der Waals surface area contributed by atoms with E-state index in [4.69, 9.17) is 4.74 Å². The number of ether oxygens (including phenoxy) is 1. The van der Waals surface area contributed by atoms with Crippen LogP contribution in [0.4, 0.5) is 5.95 Å². The Kier molecular flexibility index (Phi) is 4.61. The lowest BCUT2D eigenvalue weighted by Crippen LogP contribution is -2.37. The number of benzene rings is 1. The molecular weight excluding hydrogens is 336 g/mol. The summed E-state index contributed by atoms with van der Waals surface area (Å²) in [6.07, 6.45) is 1.62. The van der Waals surface area contributed by atoms with Crippen LogP contribution in [0, 0.1) is 0 Å². The first-order valence-corrected chi connectivity index (χ1v) is 8.08. The second-order valence-corrected chi connectivity index (χ2v) is 5.75. The van der Waals surface area contributed by atoms with Crippen LogP contribution in [0.3, 0.4) is 0 Å². The zero-order valence-corrected chi connectivity index (χ0v) is 15.1. The Bertz CT molecular complexity index is 1110. The Morgan fingerprint density at radius 3 is 2.69 bits per heavy atom. The van der Waals surface area contributed by atoms with Gasteiger partial charge in [0, 0.05) is 21.1 Å². The second kappa shape index (κ2) is 6.87. The third-order valence-electron chi connectivity index (χ3n) is 4.02. The predicted molar refractivity (Wildman–Crippen MR) is 100 cm³/mol. The van der Waals surface area contributed by atoms with Crippen molar-refractivity contribution in [2.75, 3.05) is 12.0 Å². The van der Waals surface area contributed by atoms with Crippen LogP contribution in [0.2, 0.25) is 0 Å². The minimum atomic E-state index is -0.427. The Morgan fingerprint density at radius 1 is 1.19 bits per heavy atom. The van der Waals surface area contributed by atoms with Gasteiger partial charge in [-0.25, -0.2) is 10.2 Å². The minimum absolute atomic E-state index is 0.302. The predicted octanol–water partition coefficient (Wildman–Crippen LogP) is 0.815. The van der Waals surface area contributed by atoms with Crippen LogP contribution in [0.1, 0.15) is 12.5 Å². The molecule has 0 aliphatic heterocycles. The molecule has 3 aromatic rings. The first-order valence-electron chi connectivity index (χ1n) is 8.08. The molecule has 3 rings (SSSR count). The van der Waals surface area contributed by atoms with Crippen LogP contribution in [-0.4, -0.2) is 31.5 Å². The summed E-state index contributed by atoms with van der Waals surface area (Å²) < 4.78 is 9.41. The average Bonchev–Trinajstić information content (AvgIpc) is 2.96. The average molecular weight is 356 g/mol. The molecule has 2 heterocycles. The molecule has 136 valence electrons. The maximum absolute atomic E-state index is 12.3. The molecule has 9 nitrogen and oxygen atoms in total. The van der Waals surface area contributed by atoms with Crippen LogP contribution in [-0.2, 0) is 21.1 Å². The van der Waals surface area contributed by atoms with Crippen molar-refractivity contribution in [2.45, 2.75) is 6.92 Å². The molecule has 0 spiro atoms. The lowest BCUT2D eigenvalue weighted by Gasteiger charge is -2.04. The van der Waals surface area contributed by atoms with Crippen LogP contribution in [0.25, 0.3) is 11.2 Å². The summed E-state index contributed by atoms with van der Waals surface area (Å²) in [5, 5.41) is 4.16. The van der Waals surface area contributed by atoms with Gasteiger partial charge in [0.25, 0.3) is 5.56 Å². The molecule has 2 aromatic heterocycles. The van der Waals surface area contributed by atoms with Crippen molar-refractivity contribution in [3.05, 3.63) is 50.7 Å². The fourth-order valence-corrected chi connectivity index (χ4v) is 2.63. The van der Waals surface area contributed by atoms with E-state index < -0.39 is 11.2 Å². The molecule has 0 fully saturated rings. The molecule has 0 unspecified atom stereocenters. The summed E-state index contributed by atoms with van der Waals surface area (Å²) in [4.78, 5) is 28.7. The number of hydrogen-bond acceptors (Lipinski definition) is 6. The number of hydrogen-bond donors (Lipinski definition) is 1. The number of fused-ring (bicyclic) bond motifs is 1. The maximum atomic E-state index is 12.3. The van der Waals surface area contributed by atoms with Crippen molar-refractivity contribution in [1.29, 1.82) is 0 Å². The van der Waals surface area contributed by atoms with E-state index in [-0.39, 0.29) is 0 Å². The van der Waals surface area contributed by atoms with Gasteiger partial charge in [-0.3, -0.25) is 13.9 Å². The van der Waals surface area contributed by atoms with E-state index in [1.165, 1.54) is 11.6 Å². The van der Waals surface area contributed by atoms with Gasteiger partial charge in [-0.2, -0.15) is 10.1 Å². The molecule has 0 atom stereocenters. The van der Waals surface area contributed by atoms with Crippen molar-refractivity contribution in [3.63, 3.8) is 0 Å². The van der Waals surface area contributed by atoms with Gasteiger partial charge in [-0.1, -0.05) is 12.1 Å². The number of nitrogens with one attached hydrogen (secondary N) is 1. The molecule has 0 aliphatic rings. The summed E-state index contributed by atoms with van der Waals surface area (Å²) in [5.74, 6) is 1.12. The number of imidazole rings is 1. The molecule has 0 aliphatic carbocycles. The number of anilines is 1. The van der Waals surface area contributed by atoms with Crippen molar-refractivity contribution in [3.8, 4) is 5.75 Å². The number of aryl methyl sites for hydroxylation is 2. The quantitative estimate of drug-likeness (QED) is 0.539. The van der Waals surface area contributed by atoms with Gasteiger partial charge in [0.15, 0.2) is 11.2 Å². The highest BCUT2D eigenvalue weighted by molar-refractivity contribution is 5.81. The van der Waals surface area contributed by atoms with Gasteiger partial charge in [0.05, 0.1) is 12.8 Å². The topological polar surface area (TPSA) is 95.4 Å². The highest BCUT2D eigenvalue weighted by Crippen LogP contribution is 2.14. The maximum Gasteiger partial charge on any atom is 0.332 e. The van der Waals surface area contributed by atoms with Crippen molar-refractivity contribution in [2.24, 2.45) is 26.2 Å². The van der Waals surface area contributed by atoms with Crippen molar-refractivity contribution >= 4 is 23.3 Å². The van der Waals surface area contributed by atoms with E-state index in [2.05, 4.69) is 15.5 Å². The second-order valence-electron chi connectivity index (χ2n) is 5.75. The molecular formula is C17H20N6O3. The van der Waals surface area contributed by atoms with Gasteiger partial charge < -0.3 is 9.30 Å². The molecule has 0 saturated carbocycles. The fourth-order valence-electron chi connectivity index (χ4n) is 2.63. The minimum Gasteiger partial charge on any atom is -0.494 e. The normalized spacial score (nSPS) is 11.4. The standard InChI is InChI=1S/C17H20N6O3/c1-5-26-12-8-6-7-11(9-12)10-18-20-16-19-14-13(21(16)2)15(24)23(4)17(25)22(14)3/h6-10H,5H2,1-4H3,(H,19,20). The van der Waals surface area contributed by atoms with Gasteiger partial charge in [0.1, 0.15) is 5.75 Å². The summed E-state index contributed by atoms with van der Waals surface area (Å²) >= 11 is 0. The number of aromatic nitrogens is 4. The summed E-state index contributed by atoms with van der Waals surface area (Å²) in [6.45, 7) is 2.51.